The first-order valence-corrected chi connectivity index (χ1v) is 11.7. The number of allylic oxidation sites excluding steroid dienone is 6. The van der Waals surface area contributed by atoms with Crippen LogP contribution in [-0.2, 0) is 6.42 Å². The third-order valence-electron chi connectivity index (χ3n) is 6.45. The van der Waals surface area contributed by atoms with Crippen LogP contribution in [0.3, 0.4) is 0 Å². The van der Waals surface area contributed by atoms with Crippen LogP contribution >= 0.6 is 0 Å². The fourth-order valence-corrected chi connectivity index (χ4v) is 3.88. The summed E-state index contributed by atoms with van der Waals surface area (Å²) in [6, 6.07) is 0. The number of phenolic OH excluding ortho intramolecular Hbond substituents is 2. The predicted octanol–water partition coefficient (Wildman–Crippen LogP) is 7.47. The molecular formula is C28H43FO3. The van der Waals surface area contributed by atoms with Crippen molar-refractivity contribution in [3.63, 3.8) is 0 Å². The summed E-state index contributed by atoms with van der Waals surface area (Å²) in [5, 5.41) is 31.6. The van der Waals surface area contributed by atoms with Crippen molar-refractivity contribution in [2.24, 2.45) is 0 Å². The van der Waals surface area contributed by atoms with Gasteiger partial charge in [-0.15, -0.1) is 0 Å². The first-order chi connectivity index (χ1) is 15.0. The molecular weight excluding hydrogens is 403 g/mol. The second-order valence-electron chi connectivity index (χ2n) is 9.39. The molecule has 0 saturated carbocycles. The van der Waals surface area contributed by atoms with Gasteiger partial charge in [-0.2, -0.15) is 0 Å². The van der Waals surface area contributed by atoms with Gasteiger partial charge in [0.15, 0.2) is 0 Å². The van der Waals surface area contributed by atoms with E-state index in [1.165, 1.54) is 11.1 Å². The maximum Gasteiger partial charge on any atom is 0.122 e. The fourth-order valence-electron chi connectivity index (χ4n) is 3.88. The average molecular weight is 447 g/mol. The highest BCUT2D eigenvalue weighted by Gasteiger charge is 2.23. The van der Waals surface area contributed by atoms with Gasteiger partial charge in [-0.05, 0) is 110 Å². The highest BCUT2D eigenvalue weighted by atomic mass is 19.1. The molecule has 0 spiro atoms. The second kappa shape index (κ2) is 13.5. The van der Waals surface area contributed by atoms with Gasteiger partial charge in [-0.1, -0.05) is 35.5 Å². The lowest BCUT2D eigenvalue weighted by Gasteiger charge is -2.24. The number of rotatable bonds is 13. The van der Waals surface area contributed by atoms with Crippen LogP contribution < -0.4 is 0 Å². The standard InChI is InChI=1S/C28H43FO3/c1-20(12-8-7-9-19-29)13-10-14-21(2)15-11-17-28(6,32)18-16-25-24(5)26(30)22(3)23(4)27(25)31/h7,9,13,15,30-32H,8,10-12,14,16-19H2,1-6H3/b9-7+,20-13+,21-15+/t28-/m1/s1. The van der Waals surface area contributed by atoms with Crippen LogP contribution in [0.4, 0.5) is 4.39 Å². The van der Waals surface area contributed by atoms with Crippen LogP contribution in [0.1, 0.15) is 88.0 Å². The Morgan fingerprint density at radius 3 is 2.00 bits per heavy atom. The highest BCUT2D eigenvalue weighted by Crippen LogP contribution is 2.37. The van der Waals surface area contributed by atoms with Crippen molar-refractivity contribution in [3.05, 3.63) is 57.7 Å². The normalized spacial score (nSPS) is 14.9. The Hall–Kier alpha value is -2.07. The molecule has 3 nitrogen and oxygen atoms in total. The summed E-state index contributed by atoms with van der Waals surface area (Å²) < 4.78 is 12.0. The first kappa shape index (κ1) is 28.0. The molecule has 32 heavy (non-hydrogen) atoms. The van der Waals surface area contributed by atoms with Crippen LogP contribution in [-0.4, -0.2) is 27.6 Å². The zero-order valence-corrected chi connectivity index (χ0v) is 20.9. The van der Waals surface area contributed by atoms with Crippen LogP contribution in [0.2, 0.25) is 0 Å². The minimum absolute atomic E-state index is 0.228. The van der Waals surface area contributed by atoms with E-state index in [4.69, 9.17) is 0 Å². The topological polar surface area (TPSA) is 60.7 Å². The molecule has 0 aliphatic heterocycles. The average Bonchev–Trinajstić information content (AvgIpc) is 2.73. The predicted molar refractivity (Wildman–Crippen MR) is 133 cm³/mol. The van der Waals surface area contributed by atoms with E-state index >= 15 is 0 Å². The van der Waals surface area contributed by atoms with Crippen molar-refractivity contribution in [2.45, 2.75) is 98.5 Å². The molecule has 0 aliphatic rings. The van der Waals surface area contributed by atoms with Crippen molar-refractivity contribution in [3.8, 4) is 11.5 Å². The largest absolute Gasteiger partial charge is 0.507 e. The van der Waals surface area contributed by atoms with E-state index in [-0.39, 0.29) is 11.5 Å². The summed E-state index contributed by atoms with van der Waals surface area (Å²) in [6.45, 7) is 11.1. The Kier molecular flexibility index (Phi) is 11.8. The van der Waals surface area contributed by atoms with Gasteiger partial charge < -0.3 is 15.3 Å². The molecule has 0 fully saturated rings. The third kappa shape index (κ3) is 9.20. The van der Waals surface area contributed by atoms with Crippen molar-refractivity contribution < 1.29 is 19.7 Å². The number of hydrogen-bond acceptors (Lipinski definition) is 3. The van der Waals surface area contributed by atoms with Crippen LogP contribution in [0.5, 0.6) is 11.5 Å². The lowest BCUT2D eigenvalue weighted by Crippen LogP contribution is -2.24. The van der Waals surface area contributed by atoms with E-state index < -0.39 is 12.3 Å². The quantitative estimate of drug-likeness (QED) is 0.218. The number of phenols is 2. The molecule has 0 saturated heterocycles. The molecule has 0 amide bonds. The van der Waals surface area contributed by atoms with Crippen LogP contribution in [0, 0.1) is 20.8 Å². The summed E-state index contributed by atoms with van der Waals surface area (Å²) >= 11 is 0. The van der Waals surface area contributed by atoms with E-state index in [1.807, 2.05) is 19.9 Å². The maximum atomic E-state index is 12.0. The van der Waals surface area contributed by atoms with E-state index in [9.17, 15) is 19.7 Å². The molecule has 1 aromatic rings. The van der Waals surface area contributed by atoms with Crippen molar-refractivity contribution in [2.75, 3.05) is 6.67 Å². The molecule has 1 rings (SSSR count). The van der Waals surface area contributed by atoms with Gasteiger partial charge in [0.2, 0.25) is 0 Å². The summed E-state index contributed by atoms with van der Waals surface area (Å²) in [7, 11) is 0. The van der Waals surface area contributed by atoms with Gasteiger partial charge in [0.25, 0.3) is 0 Å². The minimum atomic E-state index is -0.840. The van der Waals surface area contributed by atoms with Gasteiger partial charge >= 0.3 is 0 Å². The van der Waals surface area contributed by atoms with Gasteiger partial charge in [0.1, 0.15) is 18.2 Å². The maximum absolute atomic E-state index is 12.0. The Morgan fingerprint density at radius 2 is 1.38 bits per heavy atom. The molecule has 0 radical (unpaired) electrons. The van der Waals surface area contributed by atoms with Gasteiger partial charge in [0.05, 0.1) is 5.60 Å². The number of aromatic hydroxyl groups is 2. The lowest BCUT2D eigenvalue weighted by molar-refractivity contribution is 0.0431. The highest BCUT2D eigenvalue weighted by molar-refractivity contribution is 5.56. The van der Waals surface area contributed by atoms with Crippen molar-refractivity contribution in [1.82, 2.24) is 0 Å². The molecule has 1 aromatic carbocycles. The van der Waals surface area contributed by atoms with E-state index in [2.05, 4.69) is 26.0 Å². The number of halogens is 1. The Morgan fingerprint density at radius 1 is 0.812 bits per heavy atom. The molecule has 3 N–H and O–H groups in total. The van der Waals surface area contributed by atoms with Crippen molar-refractivity contribution in [1.29, 1.82) is 0 Å². The molecule has 0 aliphatic carbocycles. The van der Waals surface area contributed by atoms with Gasteiger partial charge in [0, 0.05) is 5.56 Å². The zero-order valence-electron chi connectivity index (χ0n) is 20.9. The summed E-state index contributed by atoms with van der Waals surface area (Å²) in [4.78, 5) is 0. The molecule has 1 atom stereocenters. The minimum Gasteiger partial charge on any atom is -0.507 e. The first-order valence-electron chi connectivity index (χ1n) is 11.7. The second-order valence-corrected chi connectivity index (χ2v) is 9.39. The Labute approximate surface area is 194 Å². The molecule has 4 heteroatoms. The Bertz CT molecular complexity index is 803. The summed E-state index contributed by atoms with van der Waals surface area (Å²) in [5.41, 5.74) is 4.62. The van der Waals surface area contributed by atoms with Crippen LogP contribution in [0.15, 0.2) is 35.5 Å². The zero-order chi connectivity index (χ0) is 24.3. The van der Waals surface area contributed by atoms with Gasteiger partial charge in [-0.3, -0.25) is 0 Å². The smallest absolute Gasteiger partial charge is 0.122 e. The molecule has 180 valence electrons. The molecule has 0 unspecified atom stereocenters. The molecule has 0 aromatic heterocycles. The van der Waals surface area contributed by atoms with E-state index in [0.29, 0.717) is 36.0 Å². The Balaban J connectivity index is 2.51. The number of hydrogen-bond donors (Lipinski definition) is 3. The fraction of sp³-hybridized carbons (Fsp3) is 0.571. The SMILES string of the molecule is C/C(=C\CC/C(C)=C/CC[C@@](C)(O)CCc1c(C)c(O)c(C)c(C)c1O)CC/C=C/CF. The monoisotopic (exact) mass is 446 g/mol. The molecule has 0 bridgehead atoms. The third-order valence-corrected chi connectivity index (χ3v) is 6.45. The number of aliphatic hydroxyl groups is 1. The number of benzene rings is 1. The van der Waals surface area contributed by atoms with E-state index in [1.54, 1.807) is 19.9 Å². The van der Waals surface area contributed by atoms with E-state index in [0.717, 1.165) is 37.7 Å². The van der Waals surface area contributed by atoms with Crippen molar-refractivity contribution >= 4 is 0 Å². The van der Waals surface area contributed by atoms with Gasteiger partial charge in [-0.25, -0.2) is 4.39 Å². The summed E-state index contributed by atoms with van der Waals surface area (Å²) in [6.07, 6.45) is 14.2. The lowest BCUT2D eigenvalue weighted by atomic mass is 9.88. The number of alkyl halides is 1. The van der Waals surface area contributed by atoms with Crippen LogP contribution in [0.25, 0.3) is 0 Å². The summed E-state index contributed by atoms with van der Waals surface area (Å²) in [5.74, 6) is 0.458. The molecule has 0 heterocycles.